The van der Waals surface area contributed by atoms with Gasteiger partial charge in [-0.1, -0.05) is 24.2 Å². The smallest absolute Gasteiger partial charge is 0.315 e. The summed E-state index contributed by atoms with van der Waals surface area (Å²) in [4.78, 5) is 0. The van der Waals surface area contributed by atoms with Gasteiger partial charge in [0.2, 0.25) is 5.89 Å². The lowest BCUT2D eigenvalue weighted by atomic mass is 10.2. The first-order valence-electron chi connectivity index (χ1n) is 6.29. The van der Waals surface area contributed by atoms with Gasteiger partial charge in [0.1, 0.15) is 5.82 Å². The van der Waals surface area contributed by atoms with Crippen molar-refractivity contribution in [2.45, 2.75) is 26.4 Å². The van der Waals surface area contributed by atoms with Crippen LogP contribution in [0.5, 0.6) is 0 Å². The lowest BCUT2D eigenvalue weighted by molar-refractivity contribution is 0.477. The van der Waals surface area contributed by atoms with E-state index >= 15 is 0 Å². The average molecular weight is 264 g/mol. The number of hydrogen-bond donors (Lipinski definition) is 2. The van der Waals surface area contributed by atoms with Gasteiger partial charge in [-0.25, -0.2) is 4.39 Å². The van der Waals surface area contributed by atoms with E-state index in [4.69, 9.17) is 4.42 Å². The second kappa shape index (κ2) is 6.84. The molecule has 2 aromatic rings. The quantitative estimate of drug-likeness (QED) is 0.751. The van der Waals surface area contributed by atoms with Crippen molar-refractivity contribution in [3.8, 4) is 0 Å². The second-order valence-corrected chi connectivity index (χ2v) is 4.16. The maximum Gasteiger partial charge on any atom is 0.315 e. The lowest BCUT2D eigenvalue weighted by Gasteiger charge is -2.01. The highest BCUT2D eigenvalue weighted by Crippen LogP contribution is 2.09. The molecular weight excluding hydrogens is 247 g/mol. The number of aromatic nitrogens is 2. The zero-order chi connectivity index (χ0) is 13.5. The third-order valence-electron chi connectivity index (χ3n) is 2.50. The van der Waals surface area contributed by atoms with Crippen LogP contribution in [0.25, 0.3) is 0 Å². The molecule has 5 nitrogen and oxygen atoms in total. The van der Waals surface area contributed by atoms with Crippen molar-refractivity contribution in [1.82, 2.24) is 15.5 Å². The van der Waals surface area contributed by atoms with E-state index in [1.807, 2.05) is 6.07 Å². The van der Waals surface area contributed by atoms with E-state index in [-0.39, 0.29) is 5.82 Å². The second-order valence-electron chi connectivity index (χ2n) is 4.16. The first-order valence-corrected chi connectivity index (χ1v) is 6.29. The molecule has 0 radical (unpaired) electrons. The molecule has 0 bridgehead atoms. The number of nitrogens with zero attached hydrogens (tertiary/aromatic N) is 2. The van der Waals surface area contributed by atoms with Crippen LogP contribution in [-0.2, 0) is 13.1 Å². The van der Waals surface area contributed by atoms with E-state index in [2.05, 4.69) is 27.8 Å². The maximum atomic E-state index is 13.0. The van der Waals surface area contributed by atoms with Crippen LogP contribution < -0.4 is 10.6 Å². The molecular formula is C13H17FN4O. The van der Waals surface area contributed by atoms with Crippen molar-refractivity contribution in [2.75, 3.05) is 11.9 Å². The van der Waals surface area contributed by atoms with Gasteiger partial charge in [0.15, 0.2) is 0 Å². The Morgan fingerprint density at radius 2 is 2.16 bits per heavy atom. The summed E-state index contributed by atoms with van der Waals surface area (Å²) >= 11 is 0. The molecule has 0 spiro atoms. The molecule has 19 heavy (non-hydrogen) atoms. The minimum atomic E-state index is -0.255. The fraction of sp³-hybridized carbons (Fsp3) is 0.385. The summed E-state index contributed by atoms with van der Waals surface area (Å²) < 4.78 is 18.4. The van der Waals surface area contributed by atoms with Gasteiger partial charge in [0.05, 0.1) is 6.54 Å². The zero-order valence-electron chi connectivity index (χ0n) is 10.8. The van der Waals surface area contributed by atoms with E-state index < -0.39 is 0 Å². The Morgan fingerprint density at radius 1 is 1.26 bits per heavy atom. The monoisotopic (exact) mass is 264 g/mol. The lowest BCUT2D eigenvalue weighted by Crippen LogP contribution is -2.13. The highest BCUT2D eigenvalue weighted by molar-refractivity contribution is 5.24. The van der Waals surface area contributed by atoms with Gasteiger partial charge >= 0.3 is 6.01 Å². The predicted molar refractivity (Wildman–Crippen MR) is 70.0 cm³/mol. The van der Waals surface area contributed by atoms with Crippen molar-refractivity contribution in [1.29, 1.82) is 0 Å². The molecule has 0 saturated heterocycles. The number of halogens is 1. The molecule has 6 heteroatoms. The number of nitrogens with one attached hydrogen (secondary N) is 2. The maximum absolute atomic E-state index is 13.0. The predicted octanol–water partition coefficient (Wildman–Crippen LogP) is 2.32. The molecule has 1 heterocycles. The van der Waals surface area contributed by atoms with Crippen molar-refractivity contribution in [2.24, 2.45) is 0 Å². The zero-order valence-corrected chi connectivity index (χ0v) is 10.8. The molecule has 0 amide bonds. The molecule has 0 fully saturated rings. The SMILES string of the molecule is CCCNCc1nnc(NCc2cccc(F)c2)o1. The number of rotatable bonds is 7. The van der Waals surface area contributed by atoms with Gasteiger partial charge in [-0.15, -0.1) is 5.10 Å². The highest BCUT2D eigenvalue weighted by Gasteiger charge is 2.05. The topological polar surface area (TPSA) is 63.0 Å². The summed E-state index contributed by atoms with van der Waals surface area (Å²) in [6.45, 7) is 4.01. The van der Waals surface area contributed by atoms with Gasteiger partial charge < -0.3 is 15.1 Å². The van der Waals surface area contributed by atoms with Crippen LogP contribution >= 0.6 is 0 Å². The third-order valence-corrected chi connectivity index (χ3v) is 2.50. The molecule has 0 atom stereocenters. The van der Waals surface area contributed by atoms with E-state index in [1.54, 1.807) is 6.07 Å². The van der Waals surface area contributed by atoms with Crippen LogP contribution in [-0.4, -0.2) is 16.7 Å². The Kier molecular flexibility index (Phi) is 4.85. The Bertz CT molecular complexity index is 515. The van der Waals surface area contributed by atoms with Crippen molar-refractivity contribution in [3.63, 3.8) is 0 Å². The average Bonchev–Trinajstić information content (AvgIpc) is 2.85. The molecule has 1 aromatic carbocycles. The standard InChI is InChI=1S/C13H17FN4O/c1-2-6-15-9-12-17-18-13(19-12)16-8-10-4-3-5-11(14)7-10/h3-5,7,15H,2,6,8-9H2,1H3,(H,16,18). The largest absolute Gasteiger partial charge is 0.407 e. The molecule has 1 aromatic heterocycles. The summed E-state index contributed by atoms with van der Waals surface area (Å²) in [6, 6.07) is 6.72. The normalized spacial score (nSPS) is 10.6. The third kappa shape index (κ3) is 4.33. The first-order chi connectivity index (χ1) is 9.28. The molecule has 2 N–H and O–H groups in total. The van der Waals surface area contributed by atoms with E-state index in [0.717, 1.165) is 18.5 Å². The van der Waals surface area contributed by atoms with Crippen molar-refractivity contribution in [3.05, 3.63) is 41.5 Å². The number of anilines is 1. The van der Waals surface area contributed by atoms with E-state index in [1.165, 1.54) is 12.1 Å². The summed E-state index contributed by atoms with van der Waals surface area (Å²) in [5, 5.41) is 13.9. The Labute approximate surface area is 111 Å². The Hall–Kier alpha value is -1.95. The van der Waals surface area contributed by atoms with Crippen molar-refractivity contribution < 1.29 is 8.81 Å². The van der Waals surface area contributed by atoms with Crippen LogP contribution in [0.2, 0.25) is 0 Å². The molecule has 0 aliphatic heterocycles. The summed E-state index contributed by atoms with van der Waals surface area (Å²) in [5.74, 6) is 0.282. The fourth-order valence-electron chi connectivity index (χ4n) is 1.59. The van der Waals surface area contributed by atoms with Crippen LogP contribution in [0.3, 0.4) is 0 Å². The Morgan fingerprint density at radius 3 is 2.95 bits per heavy atom. The first kappa shape index (κ1) is 13.5. The molecule has 0 aliphatic carbocycles. The van der Waals surface area contributed by atoms with Gasteiger partial charge in [-0.3, -0.25) is 0 Å². The molecule has 0 saturated carbocycles. The van der Waals surface area contributed by atoms with Crippen LogP contribution in [0.1, 0.15) is 24.8 Å². The molecule has 0 aliphatic rings. The van der Waals surface area contributed by atoms with Crippen molar-refractivity contribution >= 4 is 6.01 Å². The molecule has 102 valence electrons. The van der Waals surface area contributed by atoms with Gasteiger partial charge in [-0.05, 0) is 30.7 Å². The van der Waals surface area contributed by atoms with Gasteiger partial charge in [-0.2, -0.15) is 0 Å². The van der Waals surface area contributed by atoms with E-state index in [9.17, 15) is 4.39 Å². The number of benzene rings is 1. The minimum absolute atomic E-state index is 0.255. The van der Waals surface area contributed by atoms with Crippen LogP contribution in [0.15, 0.2) is 28.7 Å². The highest BCUT2D eigenvalue weighted by atomic mass is 19.1. The molecule has 2 rings (SSSR count). The van der Waals surface area contributed by atoms with Gasteiger partial charge in [0.25, 0.3) is 0 Å². The fourth-order valence-corrected chi connectivity index (χ4v) is 1.59. The van der Waals surface area contributed by atoms with Crippen LogP contribution in [0.4, 0.5) is 10.4 Å². The van der Waals surface area contributed by atoms with Crippen LogP contribution in [0, 0.1) is 5.82 Å². The summed E-state index contributed by atoms with van der Waals surface area (Å²) in [6.07, 6.45) is 1.05. The summed E-state index contributed by atoms with van der Waals surface area (Å²) in [7, 11) is 0. The number of hydrogen-bond acceptors (Lipinski definition) is 5. The Balaban J connectivity index is 1.83. The van der Waals surface area contributed by atoms with Gasteiger partial charge in [0, 0.05) is 6.54 Å². The van der Waals surface area contributed by atoms with E-state index in [0.29, 0.717) is 25.0 Å². The molecule has 0 unspecified atom stereocenters. The summed E-state index contributed by atoms with van der Waals surface area (Å²) in [5.41, 5.74) is 0.823. The minimum Gasteiger partial charge on any atom is -0.407 e.